The third-order valence-corrected chi connectivity index (χ3v) is 5.84. The average Bonchev–Trinajstić information content (AvgIpc) is 3.39. The van der Waals surface area contributed by atoms with Crippen molar-refractivity contribution in [3.8, 4) is 0 Å². The van der Waals surface area contributed by atoms with E-state index < -0.39 is 0 Å². The van der Waals surface area contributed by atoms with Crippen molar-refractivity contribution >= 4 is 17.5 Å². The lowest BCUT2D eigenvalue weighted by molar-refractivity contribution is -0.130. The summed E-state index contributed by atoms with van der Waals surface area (Å²) in [7, 11) is 0. The van der Waals surface area contributed by atoms with Crippen LogP contribution >= 0.6 is 0 Å². The molecule has 2 amide bonds. The smallest absolute Gasteiger partial charge is 0.232 e. The SMILES string of the molecule is O=C(Nc1ccc(CCC(=O)N2CCCC2)cc1)C(c1ccccc1)C1CC1. The lowest BCUT2D eigenvalue weighted by Crippen LogP contribution is -2.27. The van der Waals surface area contributed by atoms with Crippen LogP contribution in [0.3, 0.4) is 0 Å². The van der Waals surface area contributed by atoms with Gasteiger partial charge in [0.05, 0.1) is 5.92 Å². The fourth-order valence-corrected chi connectivity index (χ4v) is 4.08. The number of benzene rings is 2. The Bertz CT molecular complexity index is 806. The predicted molar refractivity (Wildman–Crippen MR) is 111 cm³/mol. The van der Waals surface area contributed by atoms with Crippen LogP contribution in [0, 0.1) is 5.92 Å². The number of carbonyl (C=O) groups is 2. The number of amides is 2. The van der Waals surface area contributed by atoms with Gasteiger partial charge < -0.3 is 10.2 Å². The first kappa shape index (κ1) is 18.7. The largest absolute Gasteiger partial charge is 0.343 e. The zero-order valence-electron chi connectivity index (χ0n) is 16.3. The number of likely N-dealkylation sites (tertiary alicyclic amines) is 1. The van der Waals surface area contributed by atoms with Gasteiger partial charge in [0.15, 0.2) is 0 Å². The first-order valence-electron chi connectivity index (χ1n) is 10.4. The van der Waals surface area contributed by atoms with Crippen LogP contribution in [0.15, 0.2) is 54.6 Å². The summed E-state index contributed by atoms with van der Waals surface area (Å²) in [6.45, 7) is 1.82. The highest BCUT2D eigenvalue weighted by atomic mass is 16.2. The summed E-state index contributed by atoms with van der Waals surface area (Å²) in [5, 5.41) is 3.08. The van der Waals surface area contributed by atoms with Crippen LogP contribution in [0.2, 0.25) is 0 Å². The minimum Gasteiger partial charge on any atom is -0.343 e. The number of nitrogens with one attached hydrogen (secondary N) is 1. The third kappa shape index (κ3) is 4.61. The first-order chi connectivity index (χ1) is 13.7. The maximum Gasteiger partial charge on any atom is 0.232 e. The molecule has 0 bridgehead atoms. The van der Waals surface area contributed by atoms with Crippen molar-refractivity contribution in [2.45, 2.75) is 44.4 Å². The van der Waals surface area contributed by atoms with E-state index in [1.54, 1.807) is 0 Å². The molecular formula is C24H28N2O2. The van der Waals surface area contributed by atoms with Crippen molar-refractivity contribution in [1.82, 2.24) is 4.90 Å². The molecule has 1 saturated carbocycles. The van der Waals surface area contributed by atoms with E-state index in [1.165, 1.54) is 0 Å². The van der Waals surface area contributed by atoms with Gasteiger partial charge in [-0.2, -0.15) is 0 Å². The summed E-state index contributed by atoms with van der Waals surface area (Å²) in [5.74, 6) is 0.716. The monoisotopic (exact) mass is 376 g/mol. The minimum absolute atomic E-state index is 0.0704. The van der Waals surface area contributed by atoms with E-state index in [4.69, 9.17) is 0 Å². The highest BCUT2D eigenvalue weighted by molar-refractivity contribution is 5.96. The third-order valence-electron chi connectivity index (χ3n) is 5.84. The standard InChI is InChI=1S/C24H28N2O2/c27-22(26-16-4-5-17-26)15-10-18-8-13-21(14-9-18)25-24(28)23(20-11-12-20)19-6-2-1-3-7-19/h1-3,6-9,13-14,20,23H,4-5,10-12,15-17H2,(H,25,28). The van der Waals surface area contributed by atoms with Crippen LogP contribution in [0.25, 0.3) is 0 Å². The highest BCUT2D eigenvalue weighted by Gasteiger charge is 2.37. The van der Waals surface area contributed by atoms with Crippen molar-refractivity contribution in [2.24, 2.45) is 5.92 Å². The number of anilines is 1. The van der Waals surface area contributed by atoms with E-state index in [0.717, 1.165) is 62.0 Å². The normalized spacial score (nSPS) is 17.4. The Balaban J connectivity index is 1.33. The van der Waals surface area contributed by atoms with E-state index in [9.17, 15) is 9.59 Å². The first-order valence-corrected chi connectivity index (χ1v) is 10.4. The van der Waals surface area contributed by atoms with Gasteiger partial charge in [0.1, 0.15) is 0 Å². The van der Waals surface area contributed by atoms with Gasteiger partial charge in [-0.3, -0.25) is 9.59 Å². The molecule has 1 heterocycles. The van der Waals surface area contributed by atoms with E-state index >= 15 is 0 Å². The van der Waals surface area contributed by atoms with Crippen LogP contribution in [-0.4, -0.2) is 29.8 Å². The highest BCUT2D eigenvalue weighted by Crippen LogP contribution is 2.43. The number of nitrogens with zero attached hydrogens (tertiary/aromatic N) is 1. The average molecular weight is 377 g/mol. The van der Waals surface area contributed by atoms with Crippen LogP contribution in [0.4, 0.5) is 5.69 Å². The van der Waals surface area contributed by atoms with Gasteiger partial charge in [-0.1, -0.05) is 42.5 Å². The molecule has 1 atom stereocenters. The van der Waals surface area contributed by atoms with Crippen molar-refractivity contribution in [2.75, 3.05) is 18.4 Å². The lowest BCUT2D eigenvalue weighted by Gasteiger charge is -2.17. The fraction of sp³-hybridized carbons (Fsp3) is 0.417. The number of carbonyl (C=O) groups excluding carboxylic acids is 2. The van der Waals surface area contributed by atoms with Crippen LogP contribution in [0.1, 0.15) is 49.1 Å². The topological polar surface area (TPSA) is 49.4 Å². The zero-order valence-corrected chi connectivity index (χ0v) is 16.3. The van der Waals surface area contributed by atoms with Gasteiger partial charge in [0, 0.05) is 25.2 Å². The van der Waals surface area contributed by atoms with Crippen LogP contribution in [0.5, 0.6) is 0 Å². The second-order valence-corrected chi connectivity index (χ2v) is 8.00. The van der Waals surface area contributed by atoms with Crippen LogP contribution in [-0.2, 0) is 16.0 Å². The van der Waals surface area contributed by atoms with Gasteiger partial charge >= 0.3 is 0 Å². The van der Waals surface area contributed by atoms with Crippen LogP contribution < -0.4 is 5.32 Å². The Morgan fingerprint density at radius 1 is 0.964 bits per heavy atom. The summed E-state index contributed by atoms with van der Waals surface area (Å²) < 4.78 is 0. The number of hydrogen-bond acceptors (Lipinski definition) is 2. The molecule has 2 aromatic rings. The molecule has 1 unspecified atom stereocenters. The van der Waals surface area contributed by atoms with Gasteiger partial charge in [-0.15, -0.1) is 0 Å². The van der Waals surface area contributed by atoms with Crippen molar-refractivity contribution in [3.63, 3.8) is 0 Å². The molecule has 4 nitrogen and oxygen atoms in total. The van der Waals surface area contributed by atoms with Gasteiger partial charge in [0.25, 0.3) is 0 Å². The Hall–Kier alpha value is -2.62. The molecule has 28 heavy (non-hydrogen) atoms. The molecule has 1 N–H and O–H groups in total. The molecule has 2 aliphatic rings. The predicted octanol–water partition coefficient (Wildman–Crippen LogP) is 4.37. The second-order valence-electron chi connectivity index (χ2n) is 8.00. The number of rotatable bonds is 7. The molecule has 4 heteroatoms. The quantitative estimate of drug-likeness (QED) is 0.780. The maximum absolute atomic E-state index is 12.9. The molecule has 0 spiro atoms. The molecule has 2 fully saturated rings. The summed E-state index contributed by atoms with van der Waals surface area (Å²) in [4.78, 5) is 27.0. The van der Waals surface area contributed by atoms with Gasteiger partial charge in [0.2, 0.25) is 11.8 Å². The lowest BCUT2D eigenvalue weighted by atomic mass is 9.93. The molecule has 146 valence electrons. The molecule has 0 aromatic heterocycles. The summed E-state index contributed by atoms with van der Waals surface area (Å²) in [6.07, 6.45) is 5.81. The van der Waals surface area contributed by atoms with E-state index in [0.29, 0.717) is 12.3 Å². The van der Waals surface area contributed by atoms with Gasteiger partial charge in [-0.25, -0.2) is 0 Å². The molecule has 1 aliphatic carbocycles. The van der Waals surface area contributed by atoms with E-state index in [2.05, 4.69) is 5.32 Å². The summed E-state index contributed by atoms with van der Waals surface area (Å²) in [5.41, 5.74) is 3.05. The second kappa shape index (κ2) is 8.59. The Morgan fingerprint density at radius 3 is 2.29 bits per heavy atom. The van der Waals surface area contributed by atoms with Crippen molar-refractivity contribution in [1.29, 1.82) is 0 Å². The Morgan fingerprint density at radius 2 is 1.64 bits per heavy atom. The summed E-state index contributed by atoms with van der Waals surface area (Å²) in [6, 6.07) is 18.0. The van der Waals surface area contributed by atoms with Crippen molar-refractivity contribution in [3.05, 3.63) is 65.7 Å². The van der Waals surface area contributed by atoms with Crippen molar-refractivity contribution < 1.29 is 9.59 Å². The molecular weight excluding hydrogens is 348 g/mol. The number of aryl methyl sites for hydroxylation is 1. The number of hydrogen-bond donors (Lipinski definition) is 1. The zero-order chi connectivity index (χ0) is 19.3. The Labute approximate surface area is 166 Å². The minimum atomic E-state index is -0.0704. The molecule has 1 aliphatic heterocycles. The van der Waals surface area contributed by atoms with Gasteiger partial charge in [-0.05, 0) is 61.3 Å². The fourth-order valence-electron chi connectivity index (χ4n) is 4.08. The maximum atomic E-state index is 12.9. The molecule has 2 aromatic carbocycles. The Kier molecular flexibility index (Phi) is 5.75. The van der Waals surface area contributed by atoms with E-state index in [1.807, 2.05) is 59.5 Å². The summed E-state index contributed by atoms with van der Waals surface area (Å²) >= 11 is 0. The molecule has 1 saturated heterocycles. The molecule has 4 rings (SSSR count). The van der Waals surface area contributed by atoms with E-state index in [-0.39, 0.29) is 17.7 Å². The molecule has 0 radical (unpaired) electrons.